The van der Waals surface area contributed by atoms with Gasteiger partial charge in [-0.2, -0.15) is 0 Å². The molecule has 1 heterocycles. The molecule has 0 aromatic carbocycles. The second kappa shape index (κ2) is 10.4. The lowest BCUT2D eigenvalue weighted by molar-refractivity contribution is -0.0196. The standard InChI is InChI=1S/C22H36N2O3/c1-16(12-18(3)14-23)8-9-17(2)13-19(4)26-15-20-10-11-24(20)21(25)27-22(5,6)7/h12-13,20H,3-4,8-11,14-15,23H2,1-2,5-7H3/b16-12+,17-13+. The Kier molecular flexibility index (Phi) is 8.83. The summed E-state index contributed by atoms with van der Waals surface area (Å²) in [5.74, 6) is 0.622. The lowest BCUT2D eigenvalue weighted by atomic mass is 10.0. The SMILES string of the molecule is C=C(/C=C(\C)CC/C(C)=C/C(=C)OCC1CCN1C(=O)OC(C)(C)C)CN. The first-order valence-electron chi connectivity index (χ1n) is 9.55. The van der Waals surface area contributed by atoms with E-state index < -0.39 is 5.60 Å². The Balaban J connectivity index is 2.39. The largest absolute Gasteiger partial charge is 0.492 e. The highest BCUT2D eigenvalue weighted by atomic mass is 16.6. The Morgan fingerprint density at radius 2 is 1.78 bits per heavy atom. The van der Waals surface area contributed by atoms with Crippen LogP contribution in [0.1, 0.15) is 53.9 Å². The number of carbonyl (C=O) groups excluding carboxylic acids is 1. The predicted octanol–water partition coefficient (Wildman–Crippen LogP) is 4.71. The van der Waals surface area contributed by atoms with Gasteiger partial charge in [-0.3, -0.25) is 0 Å². The summed E-state index contributed by atoms with van der Waals surface area (Å²) in [6.45, 7) is 19.3. The molecule has 2 N–H and O–H groups in total. The second-order valence-electron chi connectivity index (χ2n) is 8.24. The molecule has 0 spiro atoms. The van der Waals surface area contributed by atoms with Gasteiger partial charge in [0.15, 0.2) is 0 Å². The van der Waals surface area contributed by atoms with Gasteiger partial charge < -0.3 is 20.1 Å². The quantitative estimate of drug-likeness (QED) is 0.467. The van der Waals surface area contributed by atoms with E-state index in [1.165, 1.54) is 11.1 Å². The van der Waals surface area contributed by atoms with Crippen molar-refractivity contribution in [2.45, 2.75) is 65.5 Å². The van der Waals surface area contributed by atoms with Crippen molar-refractivity contribution < 1.29 is 14.3 Å². The Morgan fingerprint density at radius 3 is 2.26 bits per heavy atom. The van der Waals surface area contributed by atoms with Crippen LogP contribution in [0.15, 0.2) is 47.8 Å². The van der Waals surface area contributed by atoms with Gasteiger partial charge in [-0.05, 0) is 65.5 Å². The van der Waals surface area contributed by atoms with Crippen molar-refractivity contribution in [2.75, 3.05) is 19.7 Å². The molecule has 27 heavy (non-hydrogen) atoms. The maximum absolute atomic E-state index is 12.1. The molecule has 1 amide bonds. The van der Waals surface area contributed by atoms with Crippen molar-refractivity contribution in [3.05, 3.63) is 47.8 Å². The van der Waals surface area contributed by atoms with E-state index in [1.54, 1.807) is 4.90 Å². The summed E-state index contributed by atoms with van der Waals surface area (Å²) in [6.07, 6.45) is 6.52. The molecule has 0 bridgehead atoms. The number of carbonyl (C=O) groups is 1. The van der Waals surface area contributed by atoms with Crippen LogP contribution < -0.4 is 5.73 Å². The van der Waals surface area contributed by atoms with E-state index in [-0.39, 0.29) is 12.1 Å². The normalized spacial score (nSPS) is 18.0. The highest BCUT2D eigenvalue weighted by Crippen LogP contribution is 2.22. The van der Waals surface area contributed by atoms with E-state index in [0.29, 0.717) is 25.5 Å². The number of hydrogen-bond donors (Lipinski definition) is 1. The molecule has 152 valence electrons. The third-order valence-electron chi connectivity index (χ3n) is 4.27. The van der Waals surface area contributed by atoms with E-state index >= 15 is 0 Å². The second-order valence-corrected chi connectivity index (χ2v) is 8.24. The first-order valence-corrected chi connectivity index (χ1v) is 9.55. The van der Waals surface area contributed by atoms with E-state index in [2.05, 4.69) is 27.0 Å². The summed E-state index contributed by atoms with van der Waals surface area (Å²) in [4.78, 5) is 13.8. The number of hydrogen-bond acceptors (Lipinski definition) is 4. The molecule has 5 heteroatoms. The minimum absolute atomic E-state index is 0.0535. The monoisotopic (exact) mass is 376 g/mol. The van der Waals surface area contributed by atoms with E-state index in [0.717, 1.165) is 24.8 Å². The van der Waals surface area contributed by atoms with E-state index in [9.17, 15) is 4.79 Å². The summed E-state index contributed by atoms with van der Waals surface area (Å²) >= 11 is 0. The third-order valence-corrected chi connectivity index (χ3v) is 4.27. The lowest BCUT2D eigenvalue weighted by Gasteiger charge is -2.41. The van der Waals surface area contributed by atoms with Gasteiger partial charge in [0.1, 0.15) is 18.0 Å². The minimum atomic E-state index is -0.482. The molecule has 0 saturated carbocycles. The topological polar surface area (TPSA) is 64.8 Å². The van der Waals surface area contributed by atoms with Crippen molar-refractivity contribution in [2.24, 2.45) is 5.73 Å². The van der Waals surface area contributed by atoms with Crippen LogP contribution in [0.2, 0.25) is 0 Å². The summed E-state index contributed by atoms with van der Waals surface area (Å²) < 4.78 is 11.2. The van der Waals surface area contributed by atoms with Crippen molar-refractivity contribution in [3.63, 3.8) is 0 Å². The number of rotatable bonds is 9. The van der Waals surface area contributed by atoms with Crippen LogP contribution in [0, 0.1) is 0 Å². The molecule has 0 aliphatic carbocycles. The van der Waals surface area contributed by atoms with Crippen molar-refractivity contribution in [1.29, 1.82) is 0 Å². The van der Waals surface area contributed by atoms with Crippen molar-refractivity contribution in [1.82, 2.24) is 4.90 Å². The van der Waals surface area contributed by atoms with Gasteiger partial charge in [-0.15, -0.1) is 0 Å². The van der Waals surface area contributed by atoms with Gasteiger partial charge in [0.05, 0.1) is 6.04 Å². The summed E-state index contributed by atoms with van der Waals surface area (Å²) in [7, 11) is 0. The number of ether oxygens (including phenoxy) is 2. The van der Waals surface area contributed by atoms with Crippen LogP contribution in [-0.4, -0.2) is 42.3 Å². The van der Waals surface area contributed by atoms with Gasteiger partial charge in [0, 0.05) is 13.1 Å². The average Bonchev–Trinajstić information content (AvgIpc) is 2.49. The highest BCUT2D eigenvalue weighted by molar-refractivity contribution is 5.69. The van der Waals surface area contributed by atoms with Crippen molar-refractivity contribution >= 4 is 6.09 Å². The van der Waals surface area contributed by atoms with Crippen LogP contribution in [-0.2, 0) is 9.47 Å². The van der Waals surface area contributed by atoms with Crippen LogP contribution in [0.4, 0.5) is 4.79 Å². The number of amides is 1. The predicted molar refractivity (Wildman–Crippen MR) is 111 cm³/mol. The molecule has 0 aromatic heterocycles. The maximum atomic E-state index is 12.1. The number of nitrogens with zero attached hydrogens (tertiary/aromatic N) is 1. The highest BCUT2D eigenvalue weighted by Gasteiger charge is 2.35. The molecule has 1 fully saturated rings. The zero-order valence-corrected chi connectivity index (χ0v) is 17.6. The molecule has 1 saturated heterocycles. The first kappa shape index (κ1) is 23.0. The molecule has 1 unspecified atom stereocenters. The molecule has 1 atom stereocenters. The molecular formula is C22H36N2O3. The number of likely N-dealkylation sites (tertiary alicyclic amines) is 1. The Morgan fingerprint density at radius 1 is 1.19 bits per heavy atom. The minimum Gasteiger partial charge on any atom is -0.492 e. The molecule has 1 rings (SSSR count). The van der Waals surface area contributed by atoms with Gasteiger partial charge in [-0.1, -0.05) is 30.4 Å². The van der Waals surface area contributed by atoms with Crippen LogP contribution in [0.5, 0.6) is 0 Å². The molecule has 1 aliphatic rings. The van der Waals surface area contributed by atoms with Gasteiger partial charge in [-0.25, -0.2) is 4.79 Å². The van der Waals surface area contributed by atoms with Crippen LogP contribution >= 0.6 is 0 Å². The third kappa shape index (κ3) is 8.96. The number of nitrogens with two attached hydrogens (primary N) is 1. The molecule has 5 nitrogen and oxygen atoms in total. The van der Waals surface area contributed by atoms with Crippen LogP contribution in [0.25, 0.3) is 0 Å². The van der Waals surface area contributed by atoms with Gasteiger partial charge in [0.2, 0.25) is 0 Å². The molecule has 0 aromatic rings. The van der Waals surface area contributed by atoms with Crippen molar-refractivity contribution in [3.8, 4) is 0 Å². The van der Waals surface area contributed by atoms with E-state index in [1.807, 2.05) is 32.9 Å². The fraction of sp³-hybridized carbons (Fsp3) is 0.591. The van der Waals surface area contributed by atoms with Gasteiger partial charge >= 0.3 is 6.09 Å². The van der Waals surface area contributed by atoms with Gasteiger partial charge in [0.25, 0.3) is 0 Å². The first-order chi connectivity index (χ1) is 12.5. The van der Waals surface area contributed by atoms with Crippen LogP contribution in [0.3, 0.4) is 0 Å². The zero-order chi connectivity index (χ0) is 20.6. The average molecular weight is 377 g/mol. The lowest BCUT2D eigenvalue weighted by Crippen LogP contribution is -2.54. The Bertz CT molecular complexity index is 612. The summed E-state index contributed by atoms with van der Waals surface area (Å²) in [6, 6.07) is 0.0535. The fourth-order valence-electron chi connectivity index (χ4n) is 2.64. The fourth-order valence-corrected chi connectivity index (χ4v) is 2.64. The molecule has 1 aliphatic heterocycles. The molecule has 0 radical (unpaired) electrons. The Hall–Kier alpha value is -2.01. The number of allylic oxidation sites excluding steroid dienone is 3. The smallest absolute Gasteiger partial charge is 0.410 e. The maximum Gasteiger partial charge on any atom is 0.410 e. The Labute approximate surface area is 164 Å². The zero-order valence-electron chi connectivity index (χ0n) is 17.6. The molecular weight excluding hydrogens is 340 g/mol. The summed E-state index contributed by atoms with van der Waals surface area (Å²) in [5.41, 5.74) is 8.47. The summed E-state index contributed by atoms with van der Waals surface area (Å²) in [5, 5.41) is 0. The van der Waals surface area contributed by atoms with E-state index in [4.69, 9.17) is 15.2 Å².